The molecule has 80 valence electrons. The number of rotatable bonds is 0. The van der Waals surface area contributed by atoms with Gasteiger partial charge in [0.2, 0.25) is 0 Å². The Morgan fingerprint density at radius 2 is 1.93 bits per heavy atom. The summed E-state index contributed by atoms with van der Waals surface area (Å²) >= 11 is 0. The van der Waals surface area contributed by atoms with Crippen LogP contribution in [0.2, 0.25) is 0 Å². The van der Waals surface area contributed by atoms with Gasteiger partial charge in [-0.15, -0.1) is 0 Å². The van der Waals surface area contributed by atoms with Gasteiger partial charge < -0.3 is 4.57 Å². The van der Waals surface area contributed by atoms with Gasteiger partial charge in [-0.25, -0.2) is 0 Å². The summed E-state index contributed by atoms with van der Waals surface area (Å²) in [5, 5.41) is 2.03. The third kappa shape index (κ3) is 1.65. The molecule has 1 heterocycles. The van der Waals surface area contributed by atoms with Crippen LogP contribution >= 0.6 is 0 Å². The monoisotopic (exact) mass is 203 g/mol. The number of aryl methyl sites for hydroxylation is 1. The standard InChI is InChI=1S/C11H11NO.C2H6/c1-12-3-2-7-4-8-5-9(8)6-10(7)11(12)13;1-2/h2-4,6,8-9H,5H2,1H3;1-2H3. The van der Waals surface area contributed by atoms with Crippen molar-refractivity contribution >= 4 is 12.2 Å². The zero-order valence-corrected chi connectivity index (χ0v) is 9.53. The van der Waals surface area contributed by atoms with E-state index in [9.17, 15) is 4.79 Å². The molecular weight excluding hydrogens is 186 g/mol. The van der Waals surface area contributed by atoms with Crippen molar-refractivity contribution in [2.75, 3.05) is 0 Å². The molecule has 2 unspecified atom stereocenters. The van der Waals surface area contributed by atoms with E-state index in [1.807, 2.05) is 26.1 Å². The molecule has 0 bridgehead atoms. The molecule has 3 rings (SSSR count). The molecule has 2 nitrogen and oxygen atoms in total. The normalized spacial score (nSPS) is 24.7. The zero-order chi connectivity index (χ0) is 11.0. The summed E-state index contributed by atoms with van der Waals surface area (Å²) in [5.41, 5.74) is 0.138. The summed E-state index contributed by atoms with van der Waals surface area (Å²) in [6.07, 6.45) is 7.45. The number of fused-ring (bicyclic) bond motifs is 2. The fraction of sp³-hybridized carbons (Fsp3) is 0.462. The van der Waals surface area contributed by atoms with E-state index in [2.05, 4.69) is 12.2 Å². The van der Waals surface area contributed by atoms with Crippen LogP contribution in [0, 0.1) is 11.8 Å². The Balaban J connectivity index is 0.000000404. The van der Waals surface area contributed by atoms with E-state index in [4.69, 9.17) is 0 Å². The third-order valence-electron chi connectivity index (χ3n) is 3.00. The lowest BCUT2D eigenvalue weighted by Gasteiger charge is -2.00. The smallest absolute Gasteiger partial charge is 0.257 e. The van der Waals surface area contributed by atoms with Gasteiger partial charge in [0.1, 0.15) is 0 Å². The second-order valence-electron chi connectivity index (χ2n) is 4.00. The van der Waals surface area contributed by atoms with Crippen molar-refractivity contribution in [1.82, 2.24) is 4.57 Å². The van der Waals surface area contributed by atoms with Crippen LogP contribution in [0.5, 0.6) is 0 Å². The Hall–Kier alpha value is -1.31. The maximum absolute atomic E-state index is 11.7. The topological polar surface area (TPSA) is 22.0 Å². The van der Waals surface area contributed by atoms with Crippen LogP contribution < -0.4 is 16.0 Å². The predicted octanol–water partition coefficient (Wildman–Crippen LogP) is 0.622. The summed E-state index contributed by atoms with van der Waals surface area (Å²) < 4.78 is 1.64. The Bertz CT molecular complexity index is 539. The van der Waals surface area contributed by atoms with Gasteiger partial charge >= 0.3 is 0 Å². The highest BCUT2D eigenvalue weighted by Crippen LogP contribution is 2.41. The van der Waals surface area contributed by atoms with Crippen LogP contribution in [0.1, 0.15) is 20.3 Å². The van der Waals surface area contributed by atoms with E-state index in [0.29, 0.717) is 5.92 Å². The number of aromatic nitrogens is 1. The van der Waals surface area contributed by atoms with Gasteiger partial charge in [-0.2, -0.15) is 0 Å². The Labute approximate surface area is 89.6 Å². The number of pyridine rings is 1. The minimum atomic E-state index is 0.138. The Morgan fingerprint density at radius 3 is 2.67 bits per heavy atom. The van der Waals surface area contributed by atoms with Gasteiger partial charge in [0.05, 0.1) is 0 Å². The molecule has 0 saturated heterocycles. The van der Waals surface area contributed by atoms with E-state index in [1.54, 1.807) is 11.6 Å². The first-order valence-electron chi connectivity index (χ1n) is 5.65. The highest BCUT2D eigenvalue weighted by atomic mass is 16.1. The van der Waals surface area contributed by atoms with Gasteiger partial charge in [0.15, 0.2) is 0 Å². The third-order valence-corrected chi connectivity index (χ3v) is 3.00. The summed E-state index contributed by atoms with van der Waals surface area (Å²) in [5.74, 6) is 1.38. The summed E-state index contributed by atoms with van der Waals surface area (Å²) in [7, 11) is 1.80. The largest absolute Gasteiger partial charge is 0.318 e. The van der Waals surface area contributed by atoms with Crippen LogP contribution in [0.4, 0.5) is 0 Å². The summed E-state index contributed by atoms with van der Waals surface area (Å²) in [6.45, 7) is 4.00. The molecule has 1 aromatic rings. The molecule has 0 N–H and O–H groups in total. The lowest BCUT2D eigenvalue weighted by atomic mass is 10.1. The first-order valence-corrected chi connectivity index (χ1v) is 5.65. The molecule has 0 radical (unpaired) electrons. The minimum Gasteiger partial charge on any atom is -0.318 e. The van der Waals surface area contributed by atoms with Gasteiger partial charge in [-0.05, 0) is 29.5 Å². The first kappa shape index (κ1) is 10.2. The highest BCUT2D eigenvalue weighted by molar-refractivity contribution is 5.48. The maximum atomic E-state index is 11.7. The molecule has 0 aromatic carbocycles. The van der Waals surface area contributed by atoms with Crippen molar-refractivity contribution in [3.63, 3.8) is 0 Å². The predicted molar refractivity (Wildman–Crippen MR) is 62.8 cm³/mol. The number of hydrogen-bond donors (Lipinski definition) is 0. The SMILES string of the molecule is CC.Cn1ccc2c(c1=O)=CC1CC1C=2. The molecule has 0 amide bonds. The molecule has 15 heavy (non-hydrogen) atoms. The van der Waals surface area contributed by atoms with E-state index >= 15 is 0 Å². The Kier molecular flexibility index (Phi) is 2.51. The van der Waals surface area contributed by atoms with Gasteiger partial charge in [-0.1, -0.05) is 26.0 Å². The average Bonchev–Trinajstić information content (AvgIpc) is 3.02. The fourth-order valence-corrected chi connectivity index (χ4v) is 2.04. The lowest BCUT2D eigenvalue weighted by molar-refractivity contribution is 0.841. The quantitative estimate of drug-likeness (QED) is 0.606. The molecule has 1 fully saturated rings. The van der Waals surface area contributed by atoms with Crippen molar-refractivity contribution in [3.05, 3.63) is 33.1 Å². The van der Waals surface area contributed by atoms with Crippen LogP contribution in [0.15, 0.2) is 17.1 Å². The van der Waals surface area contributed by atoms with E-state index in [-0.39, 0.29) is 5.56 Å². The van der Waals surface area contributed by atoms with Crippen molar-refractivity contribution in [2.45, 2.75) is 20.3 Å². The van der Waals surface area contributed by atoms with E-state index in [0.717, 1.165) is 16.4 Å². The fourth-order valence-electron chi connectivity index (χ4n) is 2.04. The summed E-state index contributed by atoms with van der Waals surface area (Å²) in [6, 6.07) is 2.03. The molecule has 0 aliphatic heterocycles. The average molecular weight is 203 g/mol. The second kappa shape index (κ2) is 3.69. The van der Waals surface area contributed by atoms with Crippen LogP contribution in [0.25, 0.3) is 12.2 Å². The number of nitrogens with zero attached hydrogens (tertiary/aromatic N) is 1. The molecule has 2 aliphatic carbocycles. The van der Waals surface area contributed by atoms with Crippen molar-refractivity contribution in [3.8, 4) is 0 Å². The van der Waals surface area contributed by atoms with Gasteiger partial charge in [-0.3, -0.25) is 4.79 Å². The van der Waals surface area contributed by atoms with E-state index in [1.165, 1.54) is 6.42 Å². The van der Waals surface area contributed by atoms with Gasteiger partial charge in [0.25, 0.3) is 5.56 Å². The molecule has 2 heteroatoms. The van der Waals surface area contributed by atoms with E-state index < -0.39 is 0 Å². The second-order valence-corrected chi connectivity index (χ2v) is 4.00. The molecular formula is C13H17NO. The summed E-state index contributed by atoms with van der Waals surface area (Å²) in [4.78, 5) is 11.7. The number of hydrogen-bond acceptors (Lipinski definition) is 1. The zero-order valence-electron chi connectivity index (χ0n) is 9.53. The minimum absolute atomic E-state index is 0.138. The molecule has 1 aromatic heterocycles. The lowest BCUT2D eigenvalue weighted by Crippen LogP contribution is -2.44. The van der Waals surface area contributed by atoms with Gasteiger partial charge in [0, 0.05) is 18.5 Å². The van der Waals surface area contributed by atoms with Crippen LogP contribution in [-0.4, -0.2) is 4.57 Å². The molecule has 1 saturated carbocycles. The van der Waals surface area contributed by atoms with Crippen molar-refractivity contribution in [1.29, 1.82) is 0 Å². The van der Waals surface area contributed by atoms with Crippen LogP contribution in [0.3, 0.4) is 0 Å². The highest BCUT2D eigenvalue weighted by Gasteiger charge is 2.34. The Morgan fingerprint density at radius 1 is 1.27 bits per heavy atom. The maximum Gasteiger partial charge on any atom is 0.257 e. The first-order chi connectivity index (χ1) is 7.25. The molecule has 0 spiro atoms. The molecule has 2 atom stereocenters. The van der Waals surface area contributed by atoms with Crippen molar-refractivity contribution in [2.24, 2.45) is 18.9 Å². The van der Waals surface area contributed by atoms with Crippen molar-refractivity contribution < 1.29 is 0 Å². The van der Waals surface area contributed by atoms with Crippen LogP contribution in [-0.2, 0) is 7.05 Å². The molecule has 2 aliphatic rings.